The highest BCUT2D eigenvalue weighted by molar-refractivity contribution is 8.26. The van der Waals surface area contributed by atoms with E-state index in [-0.39, 0.29) is 11.7 Å². The SMILES string of the molecule is COCCCN1C(=O)/C(=C\c2ccc(F)cc2)SC1=S. The van der Waals surface area contributed by atoms with Crippen LogP contribution in [0.3, 0.4) is 0 Å². The summed E-state index contributed by atoms with van der Waals surface area (Å²) in [5.41, 5.74) is 0.781. The first-order chi connectivity index (χ1) is 9.61. The molecule has 6 heteroatoms. The van der Waals surface area contributed by atoms with Gasteiger partial charge < -0.3 is 4.74 Å². The van der Waals surface area contributed by atoms with E-state index < -0.39 is 0 Å². The number of hydrogen-bond donors (Lipinski definition) is 0. The van der Waals surface area contributed by atoms with Crippen LogP contribution < -0.4 is 0 Å². The van der Waals surface area contributed by atoms with Gasteiger partial charge in [-0.25, -0.2) is 4.39 Å². The maximum absolute atomic E-state index is 12.8. The molecule has 3 nitrogen and oxygen atoms in total. The first-order valence-corrected chi connectivity index (χ1v) is 7.34. The largest absolute Gasteiger partial charge is 0.385 e. The Hall–Kier alpha value is -1.24. The van der Waals surface area contributed by atoms with Gasteiger partial charge in [0.05, 0.1) is 4.91 Å². The van der Waals surface area contributed by atoms with E-state index in [0.717, 1.165) is 12.0 Å². The van der Waals surface area contributed by atoms with Gasteiger partial charge in [-0.1, -0.05) is 36.1 Å². The second-order valence-corrected chi connectivity index (χ2v) is 5.91. The third-order valence-corrected chi connectivity index (χ3v) is 4.15. The van der Waals surface area contributed by atoms with Crippen LogP contribution >= 0.6 is 24.0 Å². The van der Waals surface area contributed by atoms with E-state index in [1.54, 1.807) is 30.2 Å². The van der Waals surface area contributed by atoms with Gasteiger partial charge in [0.25, 0.3) is 5.91 Å². The van der Waals surface area contributed by atoms with Crippen molar-refractivity contribution in [1.82, 2.24) is 4.90 Å². The minimum absolute atomic E-state index is 0.0968. The molecule has 20 heavy (non-hydrogen) atoms. The molecule has 0 aliphatic carbocycles. The number of thiocarbonyl (C=S) groups is 1. The molecule has 0 saturated carbocycles. The number of carbonyl (C=O) groups excluding carboxylic acids is 1. The smallest absolute Gasteiger partial charge is 0.266 e. The van der Waals surface area contributed by atoms with Gasteiger partial charge in [0, 0.05) is 20.3 Å². The van der Waals surface area contributed by atoms with Gasteiger partial charge in [-0.2, -0.15) is 0 Å². The van der Waals surface area contributed by atoms with Crippen LogP contribution in [0.5, 0.6) is 0 Å². The number of thioether (sulfide) groups is 1. The fraction of sp³-hybridized carbons (Fsp3) is 0.286. The van der Waals surface area contributed by atoms with Crippen LogP contribution in [-0.2, 0) is 9.53 Å². The molecule has 1 saturated heterocycles. The molecule has 2 rings (SSSR count). The molecule has 0 unspecified atom stereocenters. The molecule has 0 bridgehead atoms. The topological polar surface area (TPSA) is 29.5 Å². The van der Waals surface area contributed by atoms with Crippen LogP contribution in [-0.4, -0.2) is 35.4 Å². The molecule has 0 spiro atoms. The molecule has 1 fully saturated rings. The second kappa shape index (κ2) is 6.97. The van der Waals surface area contributed by atoms with Gasteiger partial charge in [-0.15, -0.1) is 0 Å². The summed E-state index contributed by atoms with van der Waals surface area (Å²) in [5, 5.41) is 0. The molecular weight excluding hydrogens is 297 g/mol. The van der Waals surface area contributed by atoms with Crippen molar-refractivity contribution < 1.29 is 13.9 Å². The van der Waals surface area contributed by atoms with E-state index in [0.29, 0.717) is 22.4 Å². The number of nitrogens with zero attached hydrogens (tertiary/aromatic N) is 1. The predicted molar refractivity (Wildman–Crippen MR) is 82.8 cm³/mol. The van der Waals surface area contributed by atoms with Crippen LogP contribution in [0, 0.1) is 5.82 Å². The molecule has 0 radical (unpaired) electrons. The third-order valence-electron chi connectivity index (χ3n) is 2.77. The van der Waals surface area contributed by atoms with Crippen molar-refractivity contribution in [3.63, 3.8) is 0 Å². The number of carbonyl (C=O) groups is 1. The number of benzene rings is 1. The van der Waals surface area contributed by atoms with Gasteiger partial charge in [0.2, 0.25) is 0 Å². The van der Waals surface area contributed by atoms with E-state index in [4.69, 9.17) is 17.0 Å². The van der Waals surface area contributed by atoms with Crippen molar-refractivity contribution >= 4 is 40.3 Å². The lowest BCUT2D eigenvalue weighted by Gasteiger charge is -2.13. The molecule has 1 aliphatic rings. The minimum Gasteiger partial charge on any atom is -0.385 e. The molecule has 0 atom stereocenters. The summed E-state index contributed by atoms with van der Waals surface area (Å²) in [5.74, 6) is -0.394. The summed E-state index contributed by atoms with van der Waals surface area (Å²) in [4.78, 5) is 14.4. The second-order valence-electron chi connectivity index (χ2n) is 4.23. The fourth-order valence-electron chi connectivity index (χ4n) is 1.77. The van der Waals surface area contributed by atoms with Crippen molar-refractivity contribution in [3.05, 3.63) is 40.6 Å². The molecular formula is C14H14FNO2S2. The Balaban J connectivity index is 2.09. The number of amides is 1. The van der Waals surface area contributed by atoms with Gasteiger partial charge in [0.1, 0.15) is 10.1 Å². The Bertz CT molecular complexity index is 543. The zero-order valence-electron chi connectivity index (χ0n) is 11.0. The zero-order valence-corrected chi connectivity index (χ0v) is 12.6. The van der Waals surface area contributed by atoms with Crippen LogP contribution in [0.15, 0.2) is 29.2 Å². The molecule has 1 aromatic rings. The summed E-state index contributed by atoms with van der Waals surface area (Å²) >= 11 is 6.48. The summed E-state index contributed by atoms with van der Waals surface area (Å²) in [6, 6.07) is 6.00. The summed E-state index contributed by atoms with van der Waals surface area (Å²) in [6.07, 6.45) is 2.47. The number of hydrogen-bond acceptors (Lipinski definition) is 4. The molecule has 0 N–H and O–H groups in total. The van der Waals surface area contributed by atoms with Crippen molar-refractivity contribution in [2.75, 3.05) is 20.3 Å². The highest BCUT2D eigenvalue weighted by atomic mass is 32.2. The quantitative estimate of drug-likeness (QED) is 0.475. The van der Waals surface area contributed by atoms with E-state index in [2.05, 4.69) is 0 Å². The Morgan fingerprint density at radius 2 is 2.10 bits per heavy atom. The van der Waals surface area contributed by atoms with E-state index >= 15 is 0 Å². The maximum Gasteiger partial charge on any atom is 0.266 e. The lowest BCUT2D eigenvalue weighted by Crippen LogP contribution is -2.29. The van der Waals surface area contributed by atoms with Crippen LogP contribution in [0.4, 0.5) is 4.39 Å². The number of rotatable bonds is 5. The van der Waals surface area contributed by atoms with Crippen LogP contribution in [0.2, 0.25) is 0 Å². The molecule has 1 amide bonds. The third kappa shape index (κ3) is 3.65. The fourth-order valence-corrected chi connectivity index (χ4v) is 3.08. The Labute approximate surface area is 126 Å². The monoisotopic (exact) mass is 311 g/mol. The van der Waals surface area contributed by atoms with Crippen LogP contribution in [0.1, 0.15) is 12.0 Å². The zero-order chi connectivity index (χ0) is 14.5. The van der Waals surface area contributed by atoms with Crippen molar-refractivity contribution in [2.45, 2.75) is 6.42 Å². The van der Waals surface area contributed by atoms with Crippen molar-refractivity contribution in [1.29, 1.82) is 0 Å². The van der Waals surface area contributed by atoms with Crippen molar-refractivity contribution in [2.24, 2.45) is 0 Å². The predicted octanol–water partition coefficient (Wildman–Crippen LogP) is 3.06. The first kappa shape index (κ1) is 15.2. The molecule has 106 valence electrons. The lowest BCUT2D eigenvalue weighted by atomic mass is 10.2. The van der Waals surface area contributed by atoms with Gasteiger partial charge in [0.15, 0.2) is 0 Å². The number of methoxy groups -OCH3 is 1. The van der Waals surface area contributed by atoms with Crippen molar-refractivity contribution in [3.8, 4) is 0 Å². The summed E-state index contributed by atoms with van der Waals surface area (Å²) in [6.45, 7) is 1.15. The maximum atomic E-state index is 12.8. The van der Waals surface area contributed by atoms with Gasteiger partial charge in [-0.3, -0.25) is 9.69 Å². The van der Waals surface area contributed by atoms with Crippen LogP contribution in [0.25, 0.3) is 6.08 Å². The Morgan fingerprint density at radius 1 is 1.40 bits per heavy atom. The molecule has 1 aromatic carbocycles. The highest BCUT2D eigenvalue weighted by Gasteiger charge is 2.31. The highest BCUT2D eigenvalue weighted by Crippen LogP contribution is 2.32. The normalized spacial score (nSPS) is 17.3. The molecule has 1 heterocycles. The number of halogens is 1. The van der Waals surface area contributed by atoms with E-state index in [1.807, 2.05) is 0 Å². The minimum atomic E-state index is -0.297. The Morgan fingerprint density at radius 3 is 2.75 bits per heavy atom. The molecule has 0 aromatic heterocycles. The Kier molecular flexibility index (Phi) is 5.28. The summed E-state index contributed by atoms with van der Waals surface area (Å²) in [7, 11) is 1.62. The lowest BCUT2D eigenvalue weighted by molar-refractivity contribution is -0.122. The van der Waals surface area contributed by atoms with Gasteiger partial charge >= 0.3 is 0 Å². The standard InChI is InChI=1S/C14H14FNO2S2/c1-18-8-2-7-16-13(17)12(20-14(16)19)9-10-3-5-11(15)6-4-10/h3-6,9H,2,7-8H2,1H3/b12-9+. The number of ether oxygens (including phenoxy) is 1. The average molecular weight is 311 g/mol. The first-order valence-electron chi connectivity index (χ1n) is 6.11. The van der Waals surface area contributed by atoms with Gasteiger partial charge in [-0.05, 0) is 30.2 Å². The summed E-state index contributed by atoms with van der Waals surface area (Å²) < 4.78 is 18.4. The molecule has 1 aliphatic heterocycles. The van der Waals surface area contributed by atoms with E-state index in [1.165, 1.54) is 23.9 Å². The average Bonchev–Trinajstić information content (AvgIpc) is 2.69. The van der Waals surface area contributed by atoms with E-state index in [9.17, 15) is 9.18 Å².